The van der Waals surface area contributed by atoms with Gasteiger partial charge in [-0.2, -0.15) is 0 Å². The second kappa shape index (κ2) is 6.84. The van der Waals surface area contributed by atoms with Crippen molar-refractivity contribution >= 4 is 5.96 Å². The first-order valence-corrected chi connectivity index (χ1v) is 7.15. The van der Waals surface area contributed by atoms with Gasteiger partial charge < -0.3 is 15.5 Å². The summed E-state index contributed by atoms with van der Waals surface area (Å²) in [6.45, 7) is 7.63. The molecule has 1 aliphatic heterocycles. The Morgan fingerprint density at radius 1 is 1.24 bits per heavy atom. The van der Waals surface area contributed by atoms with Crippen LogP contribution >= 0.6 is 0 Å². The third-order valence-electron chi connectivity index (χ3n) is 3.40. The Morgan fingerprint density at radius 2 is 2.00 bits per heavy atom. The standard InChI is InChI=1S/C13H26N4/c1-2-14-13(16-12-6-7-12)15-8-11-17-9-4-3-5-10-17/h12H,2-11H2,1H3,(H2,14,15,16). The van der Waals surface area contributed by atoms with Gasteiger partial charge in [-0.05, 0) is 45.7 Å². The fourth-order valence-electron chi connectivity index (χ4n) is 2.23. The predicted octanol–water partition coefficient (Wildman–Crippen LogP) is 1.19. The van der Waals surface area contributed by atoms with Crippen molar-refractivity contribution < 1.29 is 0 Å². The number of hydrogen-bond acceptors (Lipinski definition) is 2. The molecule has 2 fully saturated rings. The lowest BCUT2D eigenvalue weighted by Crippen LogP contribution is -2.39. The van der Waals surface area contributed by atoms with Gasteiger partial charge in [0, 0.05) is 19.1 Å². The number of hydrogen-bond donors (Lipinski definition) is 2. The predicted molar refractivity (Wildman–Crippen MR) is 72.4 cm³/mol. The third kappa shape index (κ3) is 4.94. The number of piperidine rings is 1. The van der Waals surface area contributed by atoms with Gasteiger partial charge in [0.25, 0.3) is 0 Å². The largest absolute Gasteiger partial charge is 0.357 e. The molecule has 0 bridgehead atoms. The molecule has 1 saturated heterocycles. The van der Waals surface area contributed by atoms with Crippen LogP contribution in [0.15, 0.2) is 4.99 Å². The lowest BCUT2D eigenvalue weighted by molar-refractivity contribution is 0.235. The van der Waals surface area contributed by atoms with E-state index in [1.54, 1.807) is 0 Å². The second-order valence-electron chi connectivity index (χ2n) is 5.08. The molecular formula is C13H26N4. The molecule has 1 saturated carbocycles. The van der Waals surface area contributed by atoms with E-state index in [0.717, 1.165) is 25.6 Å². The Kier molecular flexibility index (Phi) is 5.10. The number of aliphatic imine (C=N–C) groups is 1. The molecule has 0 aromatic rings. The van der Waals surface area contributed by atoms with Crippen LogP contribution < -0.4 is 10.6 Å². The maximum absolute atomic E-state index is 4.64. The Hall–Kier alpha value is -0.770. The molecule has 0 aromatic carbocycles. The summed E-state index contributed by atoms with van der Waals surface area (Å²) in [7, 11) is 0. The van der Waals surface area contributed by atoms with Crippen molar-refractivity contribution in [3.05, 3.63) is 0 Å². The van der Waals surface area contributed by atoms with Gasteiger partial charge in [0.2, 0.25) is 0 Å². The summed E-state index contributed by atoms with van der Waals surface area (Å²) in [6, 6.07) is 0.683. The summed E-state index contributed by atoms with van der Waals surface area (Å²) in [5.41, 5.74) is 0. The van der Waals surface area contributed by atoms with E-state index in [1.165, 1.54) is 45.2 Å². The SMILES string of the molecule is CCNC(=NCCN1CCCCC1)NC1CC1. The van der Waals surface area contributed by atoms with Gasteiger partial charge in [-0.3, -0.25) is 4.99 Å². The van der Waals surface area contributed by atoms with Crippen LogP contribution in [-0.4, -0.2) is 49.6 Å². The Balaban J connectivity index is 1.67. The van der Waals surface area contributed by atoms with Crippen LogP contribution in [0.5, 0.6) is 0 Å². The highest BCUT2D eigenvalue weighted by Crippen LogP contribution is 2.18. The first kappa shape index (κ1) is 12.7. The minimum absolute atomic E-state index is 0.683. The van der Waals surface area contributed by atoms with Crippen molar-refractivity contribution in [2.75, 3.05) is 32.7 Å². The smallest absolute Gasteiger partial charge is 0.191 e. The van der Waals surface area contributed by atoms with Crippen LogP contribution in [0.4, 0.5) is 0 Å². The van der Waals surface area contributed by atoms with Gasteiger partial charge in [-0.1, -0.05) is 6.42 Å². The van der Waals surface area contributed by atoms with Crippen molar-refractivity contribution in [3.8, 4) is 0 Å². The molecule has 4 nitrogen and oxygen atoms in total. The van der Waals surface area contributed by atoms with Gasteiger partial charge in [0.1, 0.15) is 0 Å². The van der Waals surface area contributed by atoms with Crippen molar-refractivity contribution in [2.45, 2.75) is 45.1 Å². The summed E-state index contributed by atoms with van der Waals surface area (Å²) in [4.78, 5) is 7.18. The molecule has 0 radical (unpaired) electrons. The summed E-state index contributed by atoms with van der Waals surface area (Å²) in [5.74, 6) is 1.01. The van der Waals surface area contributed by atoms with Crippen LogP contribution in [-0.2, 0) is 0 Å². The second-order valence-corrected chi connectivity index (χ2v) is 5.08. The zero-order valence-corrected chi connectivity index (χ0v) is 11.0. The molecule has 2 N–H and O–H groups in total. The zero-order chi connectivity index (χ0) is 11.9. The van der Waals surface area contributed by atoms with Gasteiger partial charge in [-0.15, -0.1) is 0 Å². The topological polar surface area (TPSA) is 39.7 Å². The van der Waals surface area contributed by atoms with E-state index in [-0.39, 0.29) is 0 Å². The molecular weight excluding hydrogens is 212 g/mol. The molecule has 2 rings (SSSR count). The maximum atomic E-state index is 4.64. The number of guanidine groups is 1. The van der Waals surface area contributed by atoms with Crippen LogP contribution in [0.3, 0.4) is 0 Å². The van der Waals surface area contributed by atoms with Gasteiger partial charge in [-0.25, -0.2) is 0 Å². The first-order chi connectivity index (χ1) is 8.38. The monoisotopic (exact) mass is 238 g/mol. The van der Waals surface area contributed by atoms with Crippen LogP contribution in [0.25, 0.3) is 0 Å². The molecule has 17 heavy (non-hydrogen) atoms. The minimum atomic E-state index is 0.683. The molecule has 1 heterocycles. The molecule has 4 heteroatoms. The summed E-state index contributed by atoms with van der Waals surface area (Å²) in [5, 5.41) is 6.76. The van der Waals surface area contributed by atoms with Crippen LogP contribution in [0, 0.1) is 0 Å². The lowest BCUT2D eigenvalue weighted by Gasteiger charge is -2.25. The molecule has 0 spiro atoms. The molecule has 0 amide bonds. The van der Waals surface area contributed by atoms with E-state index in [4.69, 9.17) is 0 Å². The quantitative estimate of drug-likeness (QED) is 0.558. The Labute approximate surface area is 105 Å². The molecule has 0 aromatic heterocycles. The molecule has 1 aliphatic carbocycles. The Morgan fingerprint density at radius 3 is 2.65 bits per heavy atom. The minimum Gasteiger partial charge on any atom is -0.357 e. The highest BCUT2D eigenvalue weighted by Gasteiger charge is 2.22. The van der Waals surface area contributed by atoms with E-state index in [9.17, 15) is 0 Å². The first-order valence-electron chi connectivity index (χ1n) is 7.15. The van der Waals surface area contributed by atoms with Gasteiger partial charge in [0.05, 0.1) is 6.54 Å². The fraction of sp³-hybridized carbons (Fsp3) is 0.923. The van der Waals surface area contributed by atoms with Crippen LogP contribution in [0.2, 0.25) is 0 Å². The summed E-state index contributed by atoms with van der Waals surface area (Å²) in [6.07, 6.45) is 6.74. The van der Waals surface area contributed by atoms with Gasteiger partial charge >= 0.3 is 0 Å². The molecule has 0 unspecified atom stereocenters. The van der Waals surface area contributed by atoms with Gasteiger partial charge in [0.15, 0.2) is 5.96 Å². The van der Waals surface area contributed by atoms with Crippen molar-refractivity contribution in [1.29, 1.82) is 0 Å². The van der Waals surface area contributed by atoms with E-state index < -0.39 is 0 Å². The van der Waals surface area contributed by atoms with Crippen molar-refractivity contribution in [3.63, 3.8) is 0 Å². The molecule has 0 atom stereocenters. The summed E-state index contributed by atoms with van der Waals surface area (Å²) < 4.78 is 0. The Bertz CT molecular complexity index is 242. The zero-order valence-electron chi connectivity index (χ0n) is 11.0. The molecule has 2 aliphatic rings. The highest BCUT2D eigenvalue weighted by molar-refractivity contribution is 5.80. The van der Waals surface area contributed by atoms with E-state index in [0.29, 0.717) is 6.04 Å². The third-order valence-corrected chi connectivity index (χ3v) is 3.40. The number of nitrogens with zero attached hydrogens (tertiary/aromatic N) is 2. The number of rotatable bonds is 5. The highest BCUT2D eigenvalue weighted by atomic mass is 15.2. The fourth-order valence-corrected chi connectivity index (χ4v) is 2.23. The van der Waals surface area contributed by atoms with Crippen molar-refractivity contribution in [2.24, 2.45) is 4.99 Å². The summed E-state index contributed by atoms with van der Waals surface area (Å²) >= 11 is 0. The number of nitrogens with one attached hydrogen (secondary N) is 2. The van der Waals surface area contributed by atoms with E-state index >= 15 is 0 Å². The van der Waals surface area contributed by atoms with E-state index in [2.05, 4.69) is 27.4 Å². The normalized spacial score (nSPS) is 22.5. The maximum Gasteiger partial charge on any atom is 0.191 e. The van der Waals surface area contributed by atoms with E-state index in [1.807, 2.05) is 0 Å². The lowest BCUT2D eigenvalue weighted by atomic mass is 10.1. The van der Waals surface area contributed by atoms with Crippen LogP contribution in [0.1, 0.15) is 39.0 Å². The average molecular weight is 238 g/mol. The average Bonchev–Trinajstić information content (AvgIpc) is 3.15. The molecule has 98 valence electrons. The number of likely N-dealkylation sites (tertiary alicyclic amines) is 1. The van der Waals surface area contributed by atoms with Crippen molar-refractivity contribution in [1.82, 2.24) is 15.5 Å².